The first-order valence-electron chi connectivity index (χ1n) is 6.90. The second-order valence-corrected chi connectivity index (χ2v) is 6.00. The molecule has 0 saturated carbocycles. The van der Waals surface area contributed by atoms with Crippen molar-refractivity contribution < 1.29 is 9.84 Å². The summed E-state index contributed by atoms with van der Waals surface area (Å²) in [7, 11) is 1.68. The zero-order valence-electron chi connectivity index (χ0n) is 12.8. The molecule has 19 heavy (non-hydrogen) atoms. The Morgan fingerprint density at radius 3 is 2.58 bits per heavy atom. The molecule has 1 unspecified atom stereocenters. The lowest BCUT2D eigenvalue weighted by Crippen LogP contribution is -2.38. The van der Waals surface area contributed by atoms with Crippen LogP contribution in [0.5, 0.6) is 5.75 Å². The van der Waals surface area contributed by atoms with Gasteiger partial charge in [0.1, 0.15) is 5.75 Å². The first kappa shape index (κ1) is 16.0. The summed E-state index contributed by atoms with van der Waals surface area (Å²) in [6.45, 7) is 9.55. The summed E-state index contributed by atoms with van der Waals surface area (Å²) in [5.74, 6) is 1.41. The fourth-order valence-corrected chi connectivity index (χ4v) is 2.48. The Kier molecular flexibility index (Phi) is 5.83. The molecule has 0 heterocycles. The Morgan fingerprint density at radius 1 is 1.37 bits per heavy atom. The van der Waals surface area contributed by atoms with E-state index in [-0.39, 0.29) is 0 Å². The second kappa shape index (κ2) is 6.92. The third kappa shape index (κ3) is 5.62. The molecule has 0 aromatic heterocycles. The van der Waals surface area contributed by atoms with Crippen LogP contribution in [0.15, 0.2) is 18.2 Å². The maximum Gasteiger partial charge on any atom is 0.121 e. The van der Waals surface area contributed by atoms with Crippen molar-refractivity contribution in [2.45, 2.75) is 46.3 Å². The van der Waals surface area contributed by atoms with Crippen LogP contribution in [0.2, 0.25) is 0 Å². The van der Waals surface area contributed by atoms with Crippen LogP contribution in [-0.4, -0.2) is 24.4 Å². The van der Waals surface area contributed by atoms with Gasteiger partial charge in [0.2, 0.25) is 0 Å². The van der Waals surface area contributed by atoms with Crippen molar-refractivity contribution in [3.05, 3.63) is 29.3 Å². The molecule has 0 amide bonds. The Balaban J connectivity index is 2.47. The topological polar surface area (TPSA) is 41.5 Å². The molecule has 0 aliphatic rings. The van der Waals surface area contributed by atoms with Crippen LogP contribution in [0.1, 0.15) is 38.3 Å². The van der Waals surface area contributed by atoms with Gasteiger partial charge in [0.05, 0.1) is 12.7 Å². The predicted molar refractivity (Wildman–Crippen MR) is 79.5 cm³/mol. The second-order valence-electron chi connectivity index (χ2n) is 6.00. The fraction of sp³-hybridized carbons (Fsp3) is 0.625. The van der Waals surface area contributed by atoms with E-state index in [2.05, 4.69) is 31.3 Å². The van der Waals surface area contributed by atoms with Gasteiger partial charge in [-0.05, 0) is 43.4 Å². The predicted octanol–water partition coefficient (Wildman–Crippen LogP) is 2.89. The Morgan fingerprint density at radius 2 is 2.05 bits per heavy atom. The van der Waals surface area contributed by atoms with Crippen LogP contribution in [0.25, 0.3) is 0 Å². The highest BCUT2D eigenvalue weighted by atomic mass is 16.5. The van der Waals surface area contributed by atoms with Crippen LogP contribution in [0, 0.1) is 12.8 Å². The summed E-state index contributed by atoms with van der Waals surface area (Å²) in [6, 6.07) is 6.15. The van der Waals surface area contributed by atoms with Crippen molar-refractivity contribution in [2.24, 2.45) is 5.92 Å². The van der Waals surface area contributed by atoms with Crippen LogP contribution < -0.4 is 10.1 Å². The lowest BCUT2D eigenvalue weighted by atomic mass is 9.94. The Hall–Kier alpha value is -1.06. The van der Waals surface area contributed by atoms with Gasteiger partial charge in [0.25, 0.3) is 0 Å². The highest BCUT2D eigenvalue weighted by Gasteiger charge is 2.20. The summed E-state index contributed by atoms with van der Waals surface area (Å²) >= 11 is 0. The van der Waals surface area contributed by atoms with Gasteiger partial charge in [0, 0.05) is 13.1 Å². The Bertz CT molecular complexity index is 400. The number of rotatable bonds is 7. The third-order valence-corrected chi connectivity index (χ3v) is 3.14. The Labute approximate surface area is 117 Å². The van der Waals surface area contributed by atoms with Crippen LogP contribution >= 0.6 is 0 Å². The van der Waals surface area contributed by atoms with E-state index in [4.69, 9.17) is 4.74 Å². The largest absolute Gasteiger partial charge is 0.496 e. The van der Waals surface area contributed by atoms with Crippen molar-refractivity contribution >= 4 is 0 Å². The van der Waals surface area contributed by atoms with E-state index in [9.17, 15) is 5.11 Å². The summed E-state index contributed by atoms with van der Waals surface area (Å²) in [5, 5.41) is 13.5. The average Bonchev–Trinajstić information content (AvgIpc) is 2.27. The van der Waals surface area contributed by atoms with Crippen molar-refractivity contribution in [1.82, 2.24) is 5.32 Å². The molecule has 0 spiro atoms. The molecule has 1 aromatic rings. The molecule has 2 N–H and O–H groups in total. The molecular formula is C16H27NO2. The van der Waals surface area contributed by atoms with Crippen molar-refractivity contribution in [3.8, 4) is 5.75 Å². The van der Waals surface area contributed by atoms with Gasteiger partial charge in [-0.25, -0.2) is 0 Å². The molecule has 108 valence electrons. The van der Waals surface area contributed by atoms with Gasteiger partial charge in [-0.15, -0.1) is 0 Å². The molecule has 0 aliphatic carbocycles. The molecule has 0 bridgehead atoms. The standard InChI is InChI=1S/C16H27NO2/c1-12(2)9-16(4,18)11-17-10-14-6-7-15(19-5)13(3)8-14/h6-8,12,17-18H,9-11H2,1-5H3. The number of hydrogen-bond acceptors (Lipinski definition) is 3. The number of aliphatic hydroxyl groups is 1. The van der Waals surface area contributed by atoms with Gasteiger partial charge < -0.3 is 15.2 Å². The zero-order chi connectivity index (χ0) is 14.5. The fourth-order valence-electron chi connectivity index (χ4n) is 2.48. The van der Waals surface area contributed by atoms with Crippen LogP contribution in [0.3, 0.4) is 0 Å². The minimum absolute atomic E-state index is 0.500. The van der Waals surface area contributed by atoms with Gasteiger partial charge in [-0.2, -0.15) is 0 Å². The number of nitrogens with one attached hydrogen (secondary N) is 1. The molecule has 0 aliphatic heterocycles. The number of benzene rings is 1. The molecule has 3 nitrogen and oxygen atoms in total. The summed E-state index contributed by atoms with van der Waals surface area (Å²) in [6.07, 6.45) is 0.807. The maximum absolute atomic E-state index is 10.2. The molecular weight excluding hydrogens is 238 g/mol. The number of aryl methyl sites for hydroxylation is 1. The third-order valence-electron chi connectivity index (χ3n) is 3.14. The van der Waals surface area contributed by atoms with Gasteiger partial charge in [-0.3, -0.25) is 0 Å². The highest BCUT2D eigenvalue weighted by Crippen LogP contribution is 2.19. The first-order valence-corrected chi connectivity index (χ1v) is 6.90. The molecule has 1 rings (SSSR count). The quantitative estimate of drug-likeness (QED) is 0.796. The first-order chi connectivity index (χ1) is 8.84. The van der Waals surface area contributed by atoms with Crippen molar-refractivity contribution in [1.29, 1.82) is 0 Å². The van der Waals surface area contributed by atoms with Gasteiger partial charge in [-0.1, -0.05) is 26.0 Å². The minimum atomic E-state index is -0.643. The number of ether oxygens (including phenoxy) is 1. The lowest BCUT2D eigenvalue weighted by Gasteiger charge is -2.25. The van der Waals surface area contributed by atoms with E-state index in [1.165, 1.54) is 5.56 Å². The van der Waals surface area contributed by atoms with E-state index in [0.717, 1.165) is 24.3 Å². The van der Waals surface area contributed by atoms with E-state index >= 15 is 0 Å². The molecule has 0 saturated heterocycles. The smallest absolute Gasteiger partial charge is 0.121 e. The normalized spacial score (nSPS) is 14.5. The molecule has 3 heteroatoms. The number of methoxy groups -OCH3 is 1. The lowest BCUT2D eigenvalue weighted by molar-refractivity contribution is 0.0383. The summed E-state index contributed by atoms with van der Waals surface area (Å²) in [4.78, 5) is 0. The van der Waals surface area contributed by atoms with E-state index < -0.39 is 5.60 Å². The zero-order valence-corrected chi connectivity index (χ0v) is 12.8. The van der Waals surface area contributed by atoms with E-state index in [0.29, 0.717) is 12.5 Å². The van der Waals surface area contributed by atoms with Crippen molar-refractivity contribution in [3.63, 3.8) is 0 Å². The molecule has 1 atom stereocenters. The van der Waals surface area contributed by atoms with Crippen LogP contribution in [0.4, 0.5) is 0 Å². The highest BCUT2D eigenvalue weighted by molar-refractivity contribution is 5.36. The molecule has 1 aromatic carbocycles. The van der Waals surface area contributed by atoms with E-state index in [1.807, 2.05) is 19.9 Å². The summed E-state index contributed by atoms with van der Waals surface area (Å²) in [5.41, 5.74) is 1.70. The SMILES string of the molecule is COc1ccc(CNCC(C)(O)CC(C)C)cc1C. The van der Waals surface area contributed by atoms with Crippen molar-refractivity contribution in [2.75, 3.05) is 13.7 Å². The van der Waals surface area contributed by atoms with Gasteiger partial charge in [0.15, 0.2) is 0 Å². The minimum Gasteiger partial charge on any atom is -0.496 e. The summed E-state index contributed by atoms with van der Waals surface area (Å²) < 4.78 is 5.24. The van der Waals surface area contributed by atoms with E-state index in [1.54, 1.807) is 7.11 Å². The number of hydrogen-bond donors (Lipinski definition) is 2. The van der Waals surface area contributed by atoms with Crippen LogP contribution in [-0.2, 0) is 6.54 Å². The monoisotopic (exact) mass is 265 g/mol. The molecule has 0 radical (unpaired) electrons. The average molecular weight is 265 g/mol. The van der Waals surface area contributed by atoms with Gasteiger partial charge >= 0.3 is 0 Å². The maximum atomic E-state index is 10.2. The molecule has 0 fully saturated rings.